The minimum atomic E-state index is -0.272. The Hall–Kier alpha value is -1.14. The zero-order valence-corrected chi connectivity index (χ0v) is 11.4. The van der Waals surface area contributed by atoms with Crippen LogP contribution in [-0.2, 0) is 14.3 Å². The second kappa shape index (κ2) is 7.33. The molecule has 2 atom stereocenters. The van der Waals surface area contributed by atoms with E-state index in [1.807, 2.05) is 6.92 Å². The van der Waals surface area contributed by atoms with Gasteiger partial charge in [0.15, 0.2) is 0 Å². The van der Waals surface area contributed by atoms with Gasteiger partial charge in [0.25, 0.3) is 5.91 Å². The maximum atomic E-state index is 11.8. The summed E-state index contributed by atoms with van der Waals surface area (Å²) in [5.74, 6) is 0.0366. The second-order valence-corrected chi connectivity index (χ2v) is 4.80. The number of hydrazine groups is 1. The lowest BCUT2D eigenvalue weighted by Crippen LogP contribution is -2.53. The van der Waals surface area contributed by atoms with E-state index in [1.165, 1.54) is 6.92 Å². The van der Waals surface area contributed by atoms with Crippen LogP contribution in [0, 0.1) is 5.92 Å². The highest BCUT2D eigenvalue weighted by atomic mass is 16.5. The van der Waals surface area contributed by atoms with Crippen LogP contribution in [0.15, 0.2) is 0 Å². The summed E-state index contributed by atoms with van der Waals surface area (Å²) in [5, 5.41) is 0. The molecule has 104 valence electrons. The number of methoxy groups -OCH3 is 1. The topological polar surface area (TPSA) is 70.7 Å². The Balaban J connectivity index is 2.42. The molecule has 1 rings (SSSR count). The number of ether oxygens (including phenoxy) is 1. The van der Waals surface area contributed by atoms with Gasteiger partial charge in [0.2, 0.25) is 5.91 Å². The fourth-order valence-electron chi connectivity index (χ4n) is 2.24. The summed E-state index contributed by atoms with van der Waals surface area (Å²) in [6.45, 7) is 5.72. The van der Waals surface area contributed by atoms with Crippen LogP contribution in [0.25, 0.3) is 0 Å². The first kappa shape index (κ1) is 14.9. The number of piperidine rings is 1. The third-order valence-corrected chi connectivity index (χ3v) is 3.24. The van der Waals surface area contributed by atoms with Gasteiger partial charge in [-0.15, -0.1) is 0 Å². The molecule has 0 saturated carbocycles. The molecule has 0 aliphatic carbocycles. The van der Waals surface area contributed by atoms with Crippen molar-refractivity contribution in [1.29, 1.82) is 0 Å². The maximum absolute atomic E-state index is 11.8. The van der Waals surface area contributed by atoms with Crippen molar-refractivity contribution < 1.29 is 14.3 Å². The number of rotatable bonds is 4. The molecular weight excluding hydrogens is 234 g/mol. The first-order valence-corrected chi connectivity index (χ1v) is 6.34. The summed E-state index contributed by atoms with van der Waals surface area (Å²) in [7, 11) is 1.70. The first-order valence-electron chi connectivity index (χ1n) is 6.34. The van der Waals surface area contributed by atoms with Gasteiger partial charge in [-0.1, -0.05) is 0 Å². The number of carbonyl (C=O) groups is 2. The molecule has 2 amide bonds. The summed E-state index contributed by atoms with van der Waals surface area (Å²) in [4.78, 5) is 24.7. The van der Waals surface area contributed by atoms with Crippen molar-refractivity contribution in [2.75, 3.05) is 26.8 Å². The monoisotopic (exact) mass is 257 g/mol. The lowest BCUT2D eigenvalue weighted by atomic mass is 9.97. The van der Waals surface area contributed by atoms with E-state index < -0.39 is 0 Å². The van der Waals surface area contributed by atoms with E-state index in [1.54, 1.807) is 7.11 Å². The number of nitrogens with one attached hydrogen (secondary N) is 2. The van der Waals surface area contributed by atoms with E-state index in [4.69, 9.17) is 4.74 Å². The number of hydrogen-bond acceptors (Lipinski definition) is 4. The molecule has 0 aromatic carbocycles. The van der Waals surface area contributed by atoms with E-state index in [-0.39, 0.29) is 17.9 Å². The van der Waals surface area contributed by atoms with Gasteiger partial charge in [-0.3, -0.25) is 25.3 Å². The highest BCUT2D eigenvalue weighted by Gasteiger charge is 2.27. The van der Waals surface area contributed by atoms with Crippen molar-refractivity contribution in [3.05, 3.63) is 0 Å². The Morgan fingerprint density at radius 1 is 1.44 bits per heavy atom. The number of nitrogens with zero attached hydrogens (tertiary/aromatic N) is 1. The molecule has 6 heteroatoms. The summed E-state index contributed by atoms with van der Waals surface area (Å²) in [6.07, 6.45) is 2.22. The van der Waals surface area contributed by atoms with E-state index in [0.717, 1.165) is 32.5 Å². The minimum absolute atomic E-state index is 0.178. The largest absolute Gasteiger partial charge is 0.384 e. The van der Waals surface area contributed by atoms with Gasteiger partial charge in [-0.2, -0.15) is 0 Å². The van der Waals surface area contributed by atoms with Gasteiger partial charge in [-0.25, -0.2) is 0 Å². The van der Waals surface area contributed by atoms with Crippen LogP contribution >= 0.6 is 0 Å². The van der Waals surface area contributed by atoms with Crippen molar-refractivity contribution in [2.45, 2.75) is 32.7 Å². The third-order valence-electron chi connectivity index (χ3n) is 3.24. The molecule has 0 bridgehead atoms. The lowest BCUT2D eigenvalue weighted by molar-refractivity contribution is -0.131. The predicted octanol–water partition coefficient (Wildman–Crippen LogP) is -0.0994. The van der Waals surface area contributed by atoms with E-state index in [2.05, 4.69) is 15.8 Å². The standard InChI is InChI=1S/C12H23N3O3/c1-9(12(17)14-13-10(2)16)15-6-4-5-11(7-15)8-18-3/h9,11H,4-8H2,1-3H3,(H,13,16)(H,14,17)/t9-,11-/m0/s1. The molecule has 0 radical (unpaired) electrons. The molecule has 2 N–H and O–H groups in total. The molecule has 0 unspecified atom stereocenters. The van der Waals surface area contributed by atoms with Crippen LogP contribution in [-0.4, -0.2) is 49.6 Å². The molecule has 18 heavy (non-hydrogen) atoms. The van der Waals surface area contributed by atoms with Crippen molar-refractivity contribution >= 4 is 11.8 Å². The van der Waals surface area contributed by atoms with Crippen LogP contribution in [0.1, 0.15) is 26.7 Å². The zero-order chi connectivity index (χ0) is 13.5. The smallest absolute Gasteiger partial charge is 0.255 e. The normalized spacial score (nSPS) is 22.3. The van der Waals surface area contributed by atoms with Crippen molar-refractivity contribution in [1.82, 2.24) is 15.8 Å². The van der Waals surface area contributed by atoms with Gasteiger partial charge >= 0.3 is 0 Å². The highest BCUT2D eigenvalue weighted by Crippen LogP contribution is 2.18. The Morgan fingerprint density at radius 2 is 2.17 bits per heavy atom. The van der Waals surface area contributed by atoms with Crippen LogP contribution < -0.4 is 10.9 Å². The van der Waals surface area contributed by atoms with E-state index >= 15 is 0 Å². The molecule has 1 heterocycles. The van der Waals surface area contributed by atoms with Crippen molar-refractivity contribution in [3.8, 4) is 0 Å². The molecule has 0 aromatic heterocycles. The Morgan fingerprint density at radius 3 is 2.78 bits per heavy atom. The van der Waals surface area contributed by atoms with Crippen LogP contribution in [0.2, 0.25) is 0 Å². The zero-order valence-electron chi connectivity index (χ0n) is 11.4. The molecule has 0 aromatic rings. The van der Waals surface area contributed by atoms with E-state index in [0.29, 0.717) is 5.92 Å². The summed E-state index contributed by atoms with van der Waals surface area (Å²) in [5.41, 5.74) is 4.73. The predicted molar refractivity (Wildman–Crippen MR) is 67.6 cm³/mol. The van der Waals surface area contributed by atoms with Crippen molar-refractivity contribution in [3.63, 3.8) is 0 Å². The van der Waals surface area contributed by atoms with Crippen LogP contribution in [0.5, 0.6) is 0 Å². The van der Waals surface area contributed by atoms with Gasteiger partial charge in [0.1, 0.15) is 0 Å². The fraction of sp³-hybridized carbons (Fsp3) is 0.833. The van der Waals surface area contributed by atoms with Gasteiger partial charge in [0.05, 0.1) is 12.6 Å². The SMILES string of the molecule is COC[C@H]1CCCN([C@@H](C)C(=O)NNC(C)=O)C1. The quantitative estimate of drug-likeness (QED) is 0.690. The average molecular weight is 257 g/mol. The number of amides is 2. The fourth-order valence-corrected chi connectivity index (χ4v) is 2.24. The molecule has 0 spiro atoms. The Kier molecular flexibility index (Phi) is 6.07. The third kappa shape index (κ3) is 4.62. The maximum Gasteiger partial charge on any atom is 0.255 e. The molecule has 1 fully saturated rings. The Labute approximate surface area is 108 Å². The van der Waals surface area contributed by atoms with Crippen LogP contribution in [0.4, 0.5) is 0 Å². The summed E-state index contributed by atoms with van der Waals surface area (Å²) in [6, 6.07) is -0.239. The second-order valence-electron chi connectivity index (χ2n) is 4.80. The average Bonchev–Trinajstić information content (AvgIpc) is 2.35. The minimum Gasteiger partial charge on any atom is -0.384 e. The van der Waals surface area contributed by atoms with Gasteiger partial charge in [0, 0.05) is 20.6 Å². The summed E-state index contributed by atoms with van der Waals surface area (Å²) >= 11 is 0. The molecule has 1 aliphatic heterocycles. The van der Waals surface area contributed by atoms with Crippen LogP contribution in [0.3, 0.4) is 0 Å². The molecule has 1 saturated heterocycles. The number of likely N-dealkylation sites (tertiary alicyclic amines) is 1. The summed E-state index contributed by atoms with van der Waals surface area (Å²) < 4.78 is 5.16. The lowest BCUT2D eigenvalue weighted by Gasteiger charge is -2.35. The number of hydrogen-bond donors (Lipinski definition) is 2. The van der Waals surface area contributed by atoms with Gasteiger partial charge < -0.3 is 4.74 Å². The molecule has 6 nitrogen and oxygen atoms in total. The number of carbonyl (C=O) groups excluding carboxylic acids is 2. The molecular formula is C12H23N3O3. The van der Waals surface area contributed by atoms with Gasteiger partial charge in [-0.05, 0) is 32.2 Å². The van der Waals surface area contributed by atoms with E-state index in [9.17, 15) is 9.59 Å². The molecule has 1 aliphatic rings. The highest BCUT2D eigenvalue weighted by molar-refractivity contribution is 5.84. The Bertz CT molecular complexity index is 294. The first-order chi connectivity index (χ1) is 8.54. The van der Waals surface area contributed by atoms with Crippen molar-refractivity contribution in [2.24, 2.45) is 5.92 Å².